The number of anilines is 1. The molecule has 2 aromatic carbocycles. The number of fused-ring (bicyclic) bond motifs is 3. The molecule has 2 nitrogen and oxygen atoms in total. The summed E-state index contributed by atoms with van der Waals surface area (Å²) in [4.78, 5) is 12.7. The van der Waals surface area contributed by atoms with E-state index in [9.17, 15) is 4.79 Å². The number of rotatable bonds is 4. The van der Waals surface area contributed by atoms with Crippen molar-refractivity contribution in [2.75, 3.05) is 11.9 Å². The number of aldehydes is 1. The quantitative estimate of drug-likeness (QED) is 0.403. The molecule has 0 amide bonds. The van der Waals surface area contributed by atoms with Crippen LogP contribution in [0.1, 0.15) is 26.3 Å². The normalized spacial score (nSPS) is 18.4. The average Bonchev–Trinajstić information content (AvgIpc) is 2.82. The molecule has 0 aliphatic carbocycles. The summed E-state index contributed by atoms with van der Waals surface area (Å²) in [6.45, 7) is 6.48. The Morgan fingerprint density at radius 3 is 2.58 bits per heavy atom. The van der Waals surface area contributed by atoms with Crippen molar-refractivity contribution in [3.05, 3.63) is 89.7 Å². The molecule has 0 atom stereocenters. The van der Waals surface area contributed by atoms with Gasteiger partial charge in [0.05, 0.1) is 0 Å². The Kier molecular flexibility index (Phi) is 4.94. The lowest BCUT2D eigenvalue weighted by Crippen LogP contribution is -2.22. The predicted octanol–water partition coefficient (Wildman–Crippen LogP) is 5.71. The van der Waals surface area contributed by atoms with Gasteiger partial charge in [0.1, 0.15) is 6.29 Å². The highest BCUT2D eigenvalue weighted by atomic mass is 16.1. The van der Waals surface area contributed by atoms with Gasteiger partial charge in [-0.25, -0.2) is 0 Å². The van der Waals surface area contributed by atoms with Crippen LogP contribution in [0, 0.1) is 0 Å². The van der Waals surface area contributed by atoms with Crippen molar-refractivity contribution >= 4 is 22.7 Å². The summed E-state index contributed by atoms with van der Waals surface area (Å²) < 4.78 is 0. The van der Waals surface area contributed by atoms with Gasteiger partial charge in [-0.05, 0) is 47.1 Å². The number of likely N-dealkylation sites (N-methyl/N-ethyl adjacent to an activating group) is 1. The van der Waals surface area contributed by atoms with Gasteiger partial charge in [0.2, 0.25) is 0 Å². The highest BCUT2D eigenvalue weighted by Crippen LogP contribution is 2.49. The monoisotopic (exact) mass is 343 g/mol. The molecule has 2 aromatic rings. The molecule has 2 heteroatoms. The summed E-state index contributed by atoms with van der Waals surface area (Å²) in [6.07, 6.45) is 12.5. The molecule has 1 aliphatic rings. The minimum Gasteiger partial charge on any atom is -0.347 e. The summed E-state index contributed by atoms with van der Waals surface area (Å²) in [5, 5.41) is 2.61. The molecular weight excluding hydrogens is 318 g/mol. The van der Waals surface area contributed by atoms with Crippen LogP contribution < -0.4 is 4.90 Å². The molecule has 1 heterocycles. The number of carbonyl (C=O) groups is 1. The molecule has 0 N–H and O–H groups in total. The van der Waals surface area contributed by atoms with E-state index < -0.39 is 0 Å². The minimum absolute atomic E-state index is 0.0632. The molecular formula is C24H25NO. The third-order valence-corrected chi connectivity index (χ3v) is 5.06. The number of nitrogens with zero attached hydrogens (tertiary/aromatic N) is 1. The lowest BCUT2D eigenvalue weighted by Gasteiger charge is -2.24. The first kappa shape index (κ1) is 17.9. The van der Waals surface area contributed by atoms with Crippen LogP contribution in [0.3, 0.4) is 0 Å². The summed E-state index contributed by atoms with van der Waals surface area (Å²) in [5.41, 5.74) is 4.81. The van der Waals surface area contributed by atoms with E-state index in [1.165, 1.54) is 27.7 Å². The van der Waals surface area contributed by atoms with Gasteiger partial charge in [-0.2, -0.15) is 0 Å². The molecule has 0 aromatic heterocycles. The van der Waals surface area contributed by atoms with Crippen molar-refractivity contribution in [3.8, 4) is 0 Å². The lowest BCUT2D eigenvalue weighted by molar-refractivity contribution is -0.104. The van der Waals surface area contributed by atoms with Crippen molar-refractivity contribution < 1.29 is 4.79 Å². The van der Waals surface area contributed by atoms with E-state index in [1.54, 1.807) is 6.08 Å². The lowest BCUT2D eigenvalue weighted by atomic mass is 9.81. The molecule has 132 valence electrons. The highest BCUT2D eigenvalue weighted by Gasteiger charge is 2.39. The molecule has 3 rings (SSSR count). The van der Waals surface area contributed by atoms with Crippen LogP contribution in [0.15, 0.2) is 84.1 Å². The zero-order chi connectivity index (χ0) is 18.7. The van der Waals surface area contributed by atoms with Crippen molar-refractivity contribution in [2.45, 2.75) is 26.2 Å². The fraction of sp³-hybridized carbons (Fsp3) is 0.208. The molecule has 0 spiro atoms. The fourth-order valence-corrected chi connectivity index (χ4v) is 3.77. The van der Waals surface area contributed by atoms with Gasteiger partial charge >= 0.3 is 0 Å². The van der Waals surface area contributed by atoms with E-state index in [2.05, 4.69) is 74.3 Å². The van der Waals surface area contributed by atoms with Gasteiger partial charge in [-0.1, -0.05) is 68.5 Å². The third kappa shape index (κ3) is 3.15. The number of benzene rings is 2. The summed E-state index contributed by atoms with van der Waals surface area (Å²) in [5.74, 6) is 0. The topological polar surface area (TPSA) is 20.3 Å². The largest absolute Gasteiger partial charge is 0.347 e. The van der Waals surface area contributed by atoms with Crippen molar-refractivity contribution in [1.82, 2.24) is 0 Å². The van der Waals surface area contributed by atoms with E-state index in [1.807, 2.05) is 25.2 Å². The molecule has 0 unspecified atom stereocenters. The molecule has 0 radical (unpaired) electrons. The molecule has 0 fully saturated rings. The maximum atomic E-state index is 10.4. The number of hydrogen-bond donors (Lipinski definition) is 0. The van der Waals surface area contributed by atoms with Crippen LogP contribution in [0.5, 0.6) is 0 Å². The maximum Gasteiger partial charge on any atom is 0.143 e. The first-order valence-electron chi connectivity index (χ1n) is 8.90. The second kappa shape index (κ2) is 7.17. The highest BCUT2D eigenvalue weighted by molar-refractivity contribution is 5.94. The minimum atomic E-state index is -0.0632. The maximum absolute atomic E-state index is 10.4. The predicted molar refractivity (Wildman–Crippen MR) is 112 cm³/mol. The molecule has 1 aliphatic heterocycles. The molecule has 0 saturated heterocycles. The SMILES string of the molecule is CC(/C=C/C=C/C=C1/N(C)c2ccc3ccccc3c2C1(C)C)=C\C=O. The van der Waals surface area contributed by atoms with Crippen LogP contribution in [0.25, 0.3) is 10.8 Å². The van der Waals surface area contributed by atoms with Crippen LogP contribution in [0.4, 0.5) is 5.69 Å². The van der Waals surface area contributed by atoms with Crippen molar-refractivity contribution in [2.24, 2.45) is 0 Å². The first-order valence-corrected chi connectivity index (χ1v) is 8.90. The Bertz CT molecular complexity index is 957. The molecule has 0 saturated carbocycles. The van der Waals surface area contributed by atoms with E-state index >= 15 is 0 Å². The second-order valence-electron chi connectivity index (χ2n) is 7.21. The number of allylic oxidation sites excluding steroid dienone is 8. The Balaban J connectivity index is 1.96. The van der Waals surface area contributed by atoms with Gasteiger partial charge in [0.25, 0.3) is 0 Å². The van der Waals surface area contributed by atoms with Gasteiger partial charge in [0.15, 0.2) is 0 Å². The standard InChI is InChI=1S/C24H25NO/c1-18(16-17-26)10-6-5-7-13-22-24(2,3)23-20-12-9-8-11-19(20)14-15-21(23)25(22)4/h5-17H,1-4H3/b7-5+,10-6+,18-16+,22-13+. The van der Waals surface area contributed by atoms with E-state index in [0.29, 0.717) is 0 Å². The molecule has 26 heavy (non-hydrogen) atoms. The van der Waals surface area contributed by atoms with Crippen LogP contribution in [0.2, 0.25) is 0 Å². The first-order chi connectivity index (χ1) is 12.5. The third-order valence-electron chi connectivity index (χ3n) is 5.06. The average molecular weight is 343 g/mol. The van der Waals surface area contributed by atoms with E-state index in [0.717, 1.165) is 11.9 Å². The van der Waals surface area contributed by atoms with Gasteiger partial charge in [-0.15, -0.1) is 0 Å². The Labute approximate surface area is 155 Å². The Morgan fingerprint density at radius 1 is 1.04 bits per heavy atom. The number of carbonyl (C=O) groups excluding carboxylic acids is 1. The zero-order valence-corrected chi connectivity index (χ0v) is 15.9. The molecule has 0 bridgehead atoms. The van der Waals surface area contributed by atoms with Gasteiger partial charge in [-0.3, -0.25) is 4.79 Å². The van der Waals surface area contributed by atoms with E-state index in [-0.39, 0.29) is 5.41 Å². The van der Waals surface area contributed by atoms with Gasteiger partial charge in [0, 0.05) is 23.8 Å². The smallest absolute Gasteiger partial charge is 0.143 e. The van der Waals surface area contributed by atoms with Gasteiger partial charge < -0.3 is 4.90 Å². The Morgan fingerprint density at radius 2 is 1.81 bits per heavy atom. The van der Waals surface area contributed by atoms with Crippen molar-refractivity contribution in [1.29, 1.82) is 0 Å². The van der Waals surface area contributed by atoms with E-state index in [4.69, 9.17) is 0 Å². The number of hydrogen-bond acceptors (Lipinski definition) is 2. The van der Waals surface area contributed by atoms with Crippen LogP contribution in [-0.4, -0.2) is 13.3 Å². The second-order valence-corrected chi connectivity index (χ2v) is 7.21. The summed E-state index contributed by atoms with van der Waals surface area (Å²) in [7, 11) is 2.13. The Hall–Kier alpha value is -2.87. The van der Waals surface area contributed by atoms with Crippen LogP contribution >= 0.6 is 0 Å². The van der Waals surface area contributed by atoms with Crippen LogP contribution in [-0.2, 0) is 10.2 Å². The summed E-state index contributed by atoms with van der Waals surface area (Å²) >= 11 is 0. The fourth-order valence-electron chi connectivity index (χ4n) is 3.77. The van der Waals surface area contributed by atoms with Crippen molar-refractivity contribution in [3.63, 3.8) is 0 Å². The summed E-state index contributed by atoms with van der Waals surface area (Å²) in [6, 6.07) is 13.0. The zero-order valence-electron chi connectivity index (χ0n) is 15.9.